The second-order valence-corrected chi connectivity index (χ2v) is 7.38. The molecule has 4 rings (SSSR count). The average molecular weight is 423 g/mol. The van der Waals surface area contributed by atoms with Gasteiger partial charge in [-0.1, -0.05) is 0 Å². The molecule has 158 valence electrons. The summed E-state index contributed by atoms with van der Waals surface area (Å²) in [5.74, 6) is -2.24. The fourth-order valence-corrected chi connectivity index (χ4v) is 4.01. The van der Waals surface area contributed by atoms with Crippen LogP contribution < -0.4 is 10.6 Å². The molecule has 2 atom stereocenters. The molecule has 1 aliphatic rings. The zero-order chi connectivity index (χ0) is 21.6. The van der Waals surface area contributed by atoms with Gasteiger partial charge in [-0.15, -0.1) is 0 Å². The van der Waals surface area contributed by atoms with E-state index in [1.165, 1.54) is 24.3 Å². The number of benzene rings is 2. The summed E-state index contributed by atoms with van der Waals surface area (Å²) in [7, 11) is 0. The number of aromatic amines is 1. The van der Waals surface area contributed by atoms with Gasteiger partial charge in [0.2, 0.25) is 0 Å². The van der Waals surface area contributed by atoms with Crippen molar-refractivity contribution in [3.8, 4) is 0 Å². The number of alkyl halides is 3. The van der Waals surface area contributed by atoms with Gasteiger partial charge in [-0.05, 0) is 55.3 Å². The Balaban J connectivity index is 1.49. The lowest BCUT2D eigenvalue weighted by atomic mass is 9.88. The van der Waals surface area contributed by atoms with Crippen molar-refractivity contribution >= 4 is 22.5 Å². The van der Waals surface area contributed by atoms with Gasteiger partial charge in [-0.3, -0.25) is 4.79 Å². The smallest absolute Gasteiger partial charge is 0.379 e. The summed E-state index contributed by atoms with van der Waals surface area (Å²) < 4.78 is 67.7. The van der Waals surface area contributed by atoms with E-state index in [9.17, 15) is 26.7 Å². The molecule has 0 radical (unpaired) electrons. The van der Waals surface area contributed by atoms with Crippen molar-refractivity contribution in [1.29, 1.82) is 0 Å². The Hall–Kier alpha value is -3.10. The van der Waals surface area contributed by atoms with Crippen LogP contribution in [0, 0.1) is 11.6 Å². The predicted octanol–water partition coefficient (Wildman–Crippen LogP) is 5.18. The highest BCUT2D eigenvalue weighted by Crippen LogP contribution is 2.46. The van der Waals surface area contributed by atoms with Crippen LogP contribution >= 0.6 is 0 Å². The number of fused-ring (bicyclic) bond motifs is 2. The van der Waals surface area contributed by atoms with Gasteiger partial charge >= 0.3 is 6.18 Å². The predicted molar refractivity (Wildman–Crippen MR) is 102 cm³/mol. The first kappa shape index (κ1) is 20.2. The molecule has 0 saturated carbocycles. The number of hydrogen-bond donors (Lipinski definition) is 3. The number of aromatic nitrogens is 1. The van der Waals surface area contributed by atoms with Crippen LogP contribution in [0.15, 0.2) is 36.4 Å². The van der Waals surface area contributed by atoms with Crippen LogP contribution in [0.1, 0.15) is 40.9 Å². The Morgan fingerprint density at radius 3 is 2.63 bits per heavy atom. The molecule has 1 aliphatic heterocycles. The molecule has 3 aromatic rings. The second-order valence-electron chi connectivity index (χ2n) is 7.38. The highest BCUT2D eigenvalue weighted by molar-refractivity contribution is 5.98. The van der Waals surface area contributed by atoms with Crippen molar-refractivity contribution < 1.29 is 26.7 Å². The molecule has 0 fully saturated rings. The summed E-state index contributed by atoms with van der Waals surface area (Å²) in [5.41, 5.74) is -0.300. The van der Waals surface area contributed by atoms with Crippen molar-refractivity contribution in [2.45, 2.75) is 31.5 Å². The first-order valence-corrected chi connectivity index (χ1v) is 9.37. The first-order valence-electron chi connectivity index (χ1n) is 9.37. The summed E-state index contributed by atoms with van der Waals surface area (Å²) in [6, 6.07) is 6.71. The molecule has 9 heteroatoms. The fourth-order valence-electron chi connectivity index (χ4n) is 4.01. The number of halogens is 5. The molecule has 0 bridgehead atoms. The van der Waals surface area contributed by atoms with Gasteiger partial charge in [0.25, 0.3) is 5.91 Å². The van der Waals surface area contributed by atoms with Crippen LogP contribution in [-0.4, -0.2) is 23.5 Å². The molecular formula is C21H18F5N3O. The standard InChI is InChI=1S/C21H18F5N3O/c1-10-13(18-14(21(24,25)26)3-4-15(23)19(18)28-10)6-7-27-20(30)17-9-11-8-12(22)2-5-16(11)29-17/h2-5,8-10,13,28-29H,6-7H2,1H3,(H,27,30). The van der Waals surface area contributed by atoms with E-state index in [4.69, 9.17) is 0 Å². The maximum Gasteiger partial charge on any atom is 0.416 e. The second kappa shape index (κ2) is 7.30. The van der Waals surface area contributed by atoms with Crippen LogP contribution in [0.25, 0.3) is 10.9 Å². The summed E-state index contributed by atoms with van der Waals surface area (Å²) in [6.07, 6.45) is -4.42. The lowest BCUT2D eigenvalue weighted by molar-refractivity contribution is -0.138. The van der Waals surface area contributed by atoms with Crippen molar-refractivity contribution in [3.05, 3.63) is 64.9 Å². The van der Waals surface area contributed by atoms with E-state index in [1.54, 1.807) is 6.92 Å². The van der Waals surface area contributed by atoms with E-state index in [0.29, 0.717) is 10.9 Å². The first-order chi connectivity index (χ1) is 14.1. The molecule has 1 aromatic heterocycles. The lowest BCUT2D eigenvalue weighted by Gasteiger charge is -2.19. The molecule has 30 heavy (non-hydrogen) atoms. The average Bonchev–Trinajstić information content (AvgIpc) is 3.22. The van der Waals surface area contributed by atoms with Gasteiger partial charge in [0, 0.05) is 29.4 Å². The summed E-state index contributed by atoms with van der Waals surface area (Å²) in [4.78, 5) is 15.3. The summed E-state index contributed by atoms with van der Waals surface area (Å²) >= 11 is 0. The lowest BCUT2D eigenvalue weighted by Crippen LogP contribution is -2.28. The van der Waals surface area contributed by atoms with Gasteiger partial charge in [0.05, 0.1) is 11.3 Å². The van der Waals surface area contributed by atoms with E-state index >= 15 is 0 Å². The third-order valence-corrected chi connectivity index (χ3v) is 5.41. The Bertz CT molecular complexity index is 1120. The molecule has 2 aromatic carbocycles. The number of hydrogen-bond acceptors (Lipinski definition) is 2. The monoisotopic (exact) mass is 423 g/mol. The fraction of sp³-hybridized carbons (Fsp3) is 0.286. The number of amides is 1. The third kappa shape index (κ3) is 3.59. The van der Waals surface area contributed by atoms with Gasteiger partial charge in [-0.25, -0.2) is 8.78 Å². The zero-order valence-electron chi connectivity index (χ0n) is 15.8. The van der Waals surface area contributed by atoms with Crippen molar-refractivity contribution in [3.63, 3.8) is 0 Å². The summed E-state index contributed by atoms with van der Waals surface area (Å²) in [6.45, 7) is 1.77. The van der Waals surface area contributed by atoms with Crippen molar-refractivity contribution in [2.75, 3.05) is 11.9 Å². The van der Waals surface area contributed by atoms with Crippen LogP contribution in [0.2, 0.25) is 0 Å². The molecule has 0 aliphatic carbocycles. The summed E-state index contributed by atoms with van der Waals surface area (Å²) in [5, 5.41) is 5.99. The molecule has 2 unspecified atom stereocenters. The van der Waals surface area contributed by atoms with E-state index < -0.39 is 41.2 Å². The van der Waals surface area contributed by atoms with Gasteiger partial charge in [-0.2, -0.15) is 13.2 Å². The van der Waals surface area contributed by atoms with E-state index in [2.05, 4.69) is 15.6 Å². The van der Waals surface area contributed by atoms with Crippen LogP contribution in [-0.2, 0) is 6.18 Å². The van der Waals surface area contributed by atoms with Crippen LogP contribution in [0.3, 0.4) is 0 Å². The quantitative estimate of drug-likeness (QED) is 0.507. The highest BCUT2D eigenvalue weighted by Gasteiger charge is 2.41. The molecule has 3 N–H and O–H groups in total. The van der Waals surface area contributed by atoms with E-state index in [1.807, 2.05) is 0 Å². The SMILES string of the molecule is CC1Nc2c(F)ccc(C(F)(F)F)c2C1CCNC(=O)c1cc2cc(F)ccc2[nH]1. The molecule has 1 amide bonds. The molecule has 4 nitrogen and oxygen atoms in total. The highest BCUT2D eigenvalue weighted by atomic mass is 19.4. The molecular weight excluding hydrogens is 405 g/mol. The largest absolute Gasteiger partial charge is 0.416 e. The van der Waals surface area contributed by atoms with E-state index in [0.717, 1.165) is 12.1 Å². The minimum Gasteiger partial charge on any atom is -0.379 e. The third-order valence-electron chi connectivity index (χ3n) is 5.41. The number of nitrogens with one attached hydrogen (secondary N) is 3. The maximum absolute atomic E-state index is 14.1. The van der Waals surface area contributed by atoms with E-state index in [-0.39, 0.29) is 29.9 Å². The van der Waals surface area contributed by atoms with Crippen LogP contribution in [0.5, 0.6) is 0 Å². The molecule has 2 heterocycles. The Morgan fingerprint density at radius 2 is 1.90 bits per heavy atom. The van der Waals surface area contributed by atoms with Gasteiger partial charge < -0.3 is 15.6 Å². The number of carbonyl (C=O) groups excluding carboxylic acids is 1. The Morgan fingerprint density at radius 1 is 1.13 bits per heavy atom. The maximum atomic E-state index is 14.1. The number of H-pyrrole nitrogens is 1. The molecule has 0 saturated heterocycles. The number of anilines is 1. The normalized spacial score (nSPS) is 18.3. The number of rotatable bonds is 4. The number of carbonyl (C=O) groups is 1. The van der Waals surface area contributed by atoms with Gasteiger partial charge in [0.15, 0.2) is 0 Å². The van der Waals surface area contributed by atoms with Crippen LogP contribution in [0.4, 0.5) is 27.6 Å². The molecule has 0 spiro atoms. The van der Waals surface area contributed by atoms with Crippen molar-refractivity contribution in [2.24, 2.45) is 0 Å². The minimum atomic E-state index is -4.61. The van der Waals surface area contributed by atoms with Gasteiger partial charge in [0.1, 0.15) is 17.3 Å². The topological polar surface area (TPSA) is 56.9 Å². The zero-order valence-corrected chi connectivity index (χ0v) is 15.8. The van der Waals surface area contributed by atoms with Crippen molar-refractivity contribution in [1.82, 2.24) is 10.3 Å². The Kier molecular flexibility index (Phi) is 4.91. The Labute approximate surface area is 168 Å². The minimum absolute atomic E-state index is 0.0898.